The van der Waals surface area contributed by atoms with E-state index in [1.54, 1.807) is 12.1 Å². The molecule has 0 atom stereocenters. The number of nitro benzene ring substituents is 1. The highest BCUT2D eigenvalue weighted by Crippen LogP contribution is 2.32. The lowest BCUT2D eigenvalue weighted by atomic mass is 10.1. The largest absolute Gasteiger partial charge is 0.496 e. The van der Waals surface area contributed by atoms with Crippen molar-refractivity contribution in [3.8, 4) is 17.2 Å². The summed E-state index contributed by atoms with van der Waals surface area (Å²) in [5, 5.41) is 14.8. The average molecular weight is 438 g/mol. The van der Waals surface area contributed by atoms with Crippen molar-refractivity contribution < 1.29 is 23.9 Å². The summed E-state index contributed by atoms with van der Waals surface area (Å²) in [6.07, 6.45) is 1.38. The van der Waals surface area contributed by atoms with Crippen LogP contribution in [0.3, 0.4) is 0 Å². The Labute approximate surface area is 163 Å². The lowest BCUT2D eigenvalue weighted by Gasteiger charge is -2.09. The molecule has 9 nitrogen and oxygen atoms in total. The van der Waals surface area contributed by atoms with Gasteiger partial charge >= 0.3 is 0 Å². The molecule has 0 bridgehead atoms. The fourth-order valence-corrected chi connectivity index (χ4v) is 2.71. The predicted molar refractivity (Wildman–Crippen MR) is 102 cm³/mol. The first-order valence-corrected chi connectivity index (χ1v) is 8.28. The van der Waals surface area contributed by atoms with E-state index in [2.05, 4.69) is 26.5 Å². The average Bonchev–Trinajstić information content (AvgIpc) is 2.67. The Hall–Kier alpha value is -3.14. The fraction of sp³-hybridized carbons (Fsp3) is 0.176. The smallest absolute Gasteiger partial charge is 0.275 e. The number of methoxy groups -OCH3 is 3. The second-order valence-corrected chi connectivity index (χ2v) is 5.92. The van der Waals surface area contributed by atoms with Crippen molar-refractivity contribution in [2.45, 2.75) is 0 Å². The van der Waals surface area contributed by atoms with Crippen LogP contribution in [0, 0.1) is 10.1 Å². The third-order valence-electron chi connectivity index (χ3n) is 3.51. The molecule has 0 saturated heterocycles. The van der Waals surface area contributed by atoms with Gasteiger partial charge in [-0.25, -0.2) is 5.43 Å². The highest BCUT2D eigenvalue weighted by Gasteiger charge is 2.17. The Morgan fingerprint density at radius 2 is 1.78 bits per heavy atom. The maximum atomic E-state index is 12.3. The quantitative estimate of drug-likeness (QED) is 0.404. The van der Waals surface area contributed by atoms with Gasteiger partial charge in [0.2, 0.25) is 0 Å². The number of nitrogens with one attached hydrogen (secondary N) is 1. The van der Waals surface area contributed by atoms with Gasteiger partial charge in [0.05, 0.1) is 42.5 Å². The first-order chi connectivity index (χ1) is 12.9. The molecule has 10 heteroatoms. The number of nitro groups is 1. The van der Waals surface area contributed by atoms with E-state index in [9.17, 15) is 14.9 Å². The van der Waals surface area contributed by atoms with E-state index in [-0.39, 0.29) is 17.0 Å². The molecule has 0 heterocycles. The highest BCUT2D eigenvalue weighted by molar-refractivity contribution is 9.10. The molecule has 2 rings (SSSR count). The molecular weight excluding hydrogens is 422 g/mol. The van der Waals surface area contributed by atoms with Crippen molar-refractivity contribution in [2.75, 3.05) is 21.3 Å². The lowest BCUT2D eigenvalue weighted by Crippen LogP contribution is -2.18. The van der Waals surface area contributed by atoms with Gasteiger partial charge in [-0.2, -0.15) is 5.10 Å². The van der Waals surface area contributed by atoms with Crippen LogP contribution in [0.15, 0.2) is 39.9 Å². The van der Waals surface area contributed by atoms with Crippen molar-refractivity contribution in [3.05, 3.63) is 56.0 Å². The zero-order valence-electron chi connectivity index (χ0n) is 14.7. The number of hydrazone groups is 1. The van der Waals surface area contributed by atoms with Crippen LogP contribution in [-0.2, 0) is 0 Å². The number of carbonyl (C=O) groups excluding carboxylic acids is 1. The van der Waals surface area contributed by atoms with E-state index in [1.807, 2.05) is 0 Å². The standard InChI is InChI=1S/C17H16BrN3O6/c1-25-14-5-4-11(21(23)24)7-12(14)17(22)20-19-9-10-6-13(18)16(27-3)8-15(10)26-2/h4-9H,1-3H3,(H,20,22)/b19-9-. The summed E-state index contributed by atoms with van der Waals surface area (Å²) in [6.45, 7) is 0. The van der Waals surface area contributed by atoms with Gasteiger partial charge in [-0.3, -0.25) is 14.9 Å². The van der Waals surface area contributed by atoms with Crippen molar-refractivity contribution in [3.63, 3.8) is 0 Å². The van der Waals surface area contributed by atoms with Crippen LogP contribution < -0.4 is 19.6 Å². The number of halogens is 1. The fourth-order valence-electron chi connectivity index (χ4n) is 2.19. The predicted octanol–water partition coefficient (Wildman–Crippen LogP) is 3.15. The molecule has 0 radical (unpaired) electrons. The number of carbonyl (C=O) groups is 1. The molecule has 2 aromatic rings. The van der Waals surface area contributed by atoms with Crippen LogP contribution in [0.2, 0.25) is 0 Å². The molecule has 1 N–H and O–H groups in total. The first kappa shape index (κ1) is 20.2. The van der Waals surface area contributed by atoms with Gasteiger partial charge in [0.25, 0.3) is 11.6 Å². The van der Waals surface area contributed by atoms with E-state index in [4.69, 9.17) is 14.2 Å². The number of hydrogen-bond acceptors (Lipinski definition) is 7. The molecule has 0 unspecified atom stereocenters. The van der Waals surface area contributed by atoms with Crippen molar-refractivity contribution in [1.82, 2.24) is 5.43 Å². The van der Waals surface area contributed by atoms with E-state index in [1.165, 1.54) is 39.7 Å². The SMILES string of the molecule is COc1cc(OC)c(/C=N\NC(=O)c2cc([N+](=O)[O-])ccc2OC)cc1Br. The van der Waals surface area contributed by atoms with Gasteiger partial charge in [-0.05, 0) is 28.1 Å². The van der Waals surface area contributed by atoms with Gasteiger partial charge in [0, 0.05) is 23.8 Å². The summed E-state index contributed by atoms with van der Waals surface area (Å²) in [5.74, 6) is 0.603. The minimum Gasteiger partial charge on any atom is -0.496 e. The molecule has 27 heavy (non-hydrogen) atoms. The maximum Gasteiger partial charge on any atom is 0.275 e. The second-order valence-electron chi connectivity index (χ2n) is 5.07. The zero-order valence-corrected chi connectivity index (χ0v) is 16.3. The summed E-state index contributed by atoms with van der Waals surface area (Å²) in [4.78, 5) is 22.6. The van der Waals surface area contributed by atoms with Crippen molar-refractivity contribution in [2.24, 2.45) is 5.10 Å². The van der Waals surface area contributed by atoms with Crippen LogP contribution >= 0.6 is 15.9 Å². The summed E-state index contributed by atoms with van der Waals surface area (Å²) in [6, 6.07) is 7.09. The van der Waals surface area contributed by atoms with Crippen LogP contribution in [0.4, 0.5) is 5.69 Å². The number of amides is 1. The van der Waals surface area contributed by atoms with E-state index in [0.29, 0.717) is 21.5 Å². The molecule has 0 aliphatic rings. The van der Waals surface area contributed by atoms with Crippen LogP contribution in [0.25, 0.3) is 0 Å². The number of non-ortho nitro benzene ring substituents is 1. The normalized spacial score (nSPS) is 10.5. The molecular formula is C17H16BrN3O6. The number of benzene rings is 2. The van der Waals surface area contributed by atoms with Gasteiger partial charge < -0.3 is 14.2 Å². The van der Waals surface area contributed by atoms with Gasteiger partial charge in [0.1, 0.15) is 17.2 Å². The monoisotopic (exact) mass is 437 g/mol. The minimum absolute atomic E-state index is 0.00766. The third kappa shape index (κ3) is 4.73. The summed E-state index contributed by atoms with van der Waals surface area (Å²) >= 11 is 3.36. The van der Waals surface area contributed by atoms with E-state index < -0.39 is 10.8 Å². The van der Waals surface area contributed by atoms with Crippen LogP contribution in [-0.4, -0.2) is 38.4 Å². The summed E-state index contributed by atoms with van der Waals surface area (Å²) in [5.41, 5.74) is 2.66. The summed E-state index contributed by atoms with van der Waals surface area (Å²) < 4.78 is 16.2. The Morgan fingerprint density at radius 3 is 2.37 bits per heavy atom. The third-order valence-corrected chi connectivity index (χ3v) is 4.13. The van der Waals surface area contributed by atoms with Crippen LogP contribution in [0.5, 0.6) is 17.2 Å². The Kier molecular flexibility index (Phi) is 6.72. The molecule has 1 amide bonds. The van der Waals surface area contributed by atoms with Gasteiger partial charge in [0.15, 0.2) is 0 Å². The molecule has 142 valence electrons. The molecule has 0 fully saturated rings. The van der Waals surface area contributed by atoms with Crippen LogP contribution in [0.1, 0.15) is 15.9 Å². The molecule has 0 aliphatic carbocycles. The van der Waals surface area contributed by atoms with Gasteiger partial charge in [-0.15, -0.1) is 0 Å². The maximum absolute atomic E-state index is 12.3. The number of rotatable bonds is 7. The Bertz CT molecular complexity index is 900. The van der Waals surface area contributed by atoms with E-state index in [0.717, 1.165) is 6.07 Å². The number of hydrogen-bond donors (Lipinski definition) is 1. The van der Waals surface area contributed by atoms with Crippen molar-refractivity contribution >= 4 is 33.7 Å². The minimum atomic E-state index is -0.654. The molecule has 0 aromatic heterocycles. The Balaban J connectivity index is 2.24. The molecule has 0 spiro atoms. The first-order valence-electron chi connectivity index (χ1n) is 7.48. The zero-order chi connectivity index (χ0) is 20.0. The van der Waals surface area contributed by atoms with E-state index >= 15 is 0 Å². The number of ether oxygens (including phenoxy) is 3. The summed E-state index contributed by atoms with van der Waals surface area (Å²) in [7, 11) is 4.38. The van der Waals surface area contributed by atoms with Crippen molar-refractivity contribution in [1.29, 1.82) is 0 Å². The molecule has 0 saturated carbocycles. The topological polar surface area (TPSA) is 112 Å². The lowest BCUT2D eigenvalue weighted by molar-refractivity contribution is -0.384. The highest BCUT2D eigenvalue weighted by atomic mass is 79.9. The Morgan fingerprint density at radius 1 is 1.11 bits per heavy atom. The van der Waals surface area contributed by atoms with Gasteiger partial charge in [-0.1, -0.05) is 0 Å². The molecule has 2 aromatic carbocycles. The molecule has 0 aliphatic heterocycles. The number of nitrogens with zero attached hydrogens (tertiary/aromatic N) is 2. The second kappa shape index (κ2) is 8.99.